The average molecular weight is 181 g/mol. The van der Waals surface area contributed by atoms with Gasteiger partial charge in [-0.25, -0.2) is 0 Å². The Morgan fingerprint density at radius 3 is 2.46 bits per heavy atom. The van der Waals surface area contributed by atoms with Gasteiger partial charge in [0.05, 0.1) is 0 Å². The molecule has 1 heterocycles. The molecule has 0 spiro atoms. The molecule has 1 rings (SSSR count). The fourth-order valence-corrected chi connectivity index (χ4v) is 0.793. The Morgan fingerprint density at radius 1 is 1.46 bits per heavy atom. The van der Waals surface area contributed by atoms with Crippen LogP contribution < -0.4 is 5.73 Å². The van der Waals surface area contributed by atoms with Gasteiger partial charge in [0.25, 0.3) is 5.89 Å². The third kappa shape index (κ3) is 2.57. The van der Waals surface area contributed by atoms with Crippen molar-refractivity contribution in [3.05, 3.63) is 17.4 Å². The summed E-state index contributed by atoms with van der Waals surface area (Å²) in [6.07, 6.45) is 1.66. The number of nitrogens with two attached hydrogens (primary N) is 1. The molecule has 0 atom stereocenters. The van der Waals surface area contributed by atoms with Crippen LogP contribution in [0.25, 0.3) is 6.08 Å². The summed E-state index contributed by atoms with van der Waals surface area (Å²) < 4.78 is 4.98. The largest absolute Gasteiger partial charge is 0.402 e. The van der Waals surface area contributed by atoms with Gasteiger partial charge in [-0.15, -0.1) is 0 Å². The van der Waals surface area contributed by atoms with Gasteiger partial charge in [0.15, 0.2) is 5.82 Å². The Bertz CT molecular complexity index is 316. The van der Waals surface area contributed by atoms with Gasteiger partial charge in [-0.05, 0) is 6.92 Å². The topological polar surface area (TPSA) is 64.9 Å². The van der Waals surface area contributed by atoms with Gasteiger partial charge >= 0.3 is 0 Å². The van der Waals surface area contributed by atoms with E-state index in [2.05, 4.69) is 10.1 Å². The lowest BCUT2D eigenvalue weighted by Crippen LogP contribution is -2.13. The molecule has 2 N–H and O–H groups in total. The molecule has 0 saturated heterocycles. The minimum Gasteiger partial charge on any atom is -0.402 e. The van der Waals surface area contributed by atoms with Crippen molar-refractivity contribution < 1.29 is 4.52 Å². The Balaban J connectivity index is 2.94. The van der Waals surface area contributed by atoms with Crippen LogP contribution in [0, 0.1) is 0 Å². The average Bonchev–Trinajstić information content (AvgIpc) is 2.32. The predicted molar refractivity (Wildman–Crippen MR) is 50.8 cm³/mol. The maximum atomic E-state index is 5.48. The van der Waals surface area contributed by atoms with Crippen molar-refractivity contribution in [1.82, 2.24) is 10.1 Å². The first-order valence-electron chi connectivity index (χ1n) is 4.17. The Morgan fingerprint density at radius 2 is 2.08 bits per heavy atom. The van der Waals surface area contributed by atoms with E-state index in [0.717, 1.165) is 0 Å². The number of hydrogen-bond donors (Lipinski definition) is 1. The molecule has 0 radical (unpaired) electrons. The highest BCUT2D eigenvalue weighted by Gasteiger charge is 2.20. The van der Waals surface area contributed by atoms with Crippen LogP contribution in [0.5, 0.6) is 0 Å². The van der Waals surface area contributed by atoms with Gasteiger partial charge in [0.2, 0.25) is 0 Å². The number of nitrogens with zero attached hydrogens (tertiary/aromatic N) is 2. The van der Waals surface area contributed by atoms with E-state index in [1.54, 1.807) is 13.0 Å². The van der Waals surface area contributed by atoms with Crippen molar-refractivity contribution in [1.29, 1.82) is 0 Å². The maximum Gasteiger partial charge on any atom is 0.252 e. The summed E-state index contributed by atoms with van der Waals surface area (Å²) in [5.74, 6) is 1.16. The summed E-state index contributed by atoms with van der Waals surface area (Å²) in [6, 6.07) is 0. The van der Waals surface area contributed by atoms with Crippen molar-refractivity contribution >= 4 is 6.08 Å². The zero-order chi connectivity index (χ0) is 10.1. The molecule has 0 fully saturated rings. The van der Waals surface area contributed by atoms with E-state index >= 15 is 0 Å². The third-order valence-corrected chi connectivity index (χ3v) is 1.46. The van der Waals surface area contributed by atoms with Gasteiger partial charge in [-0.3, -0.25) is 0 Å². The number of aromatic nitrogens is 2. The molecule has 0 aromatic carbocycles. The quantitative estimate of drug-likeness (QED) is 0.716. The van der Waals surface area contributed by atoms with E-state index < -0.39 is 0 Å². The predicted octanol–water partition coefficient (Wildman–Crippen LogP) is 1.69. The minimum atomic E-state index is -0.0852. The van der Waals surface area contributed by atoms with E-state index in [0.29, 0.717) is 17.4 Å². The zero-order valence-electron chi connectivity index (χ0n) is 8.46. The molecule has 0 aliphatic heterocycles. The van der Waals surface area contributed by atoms with E-state index in [1.165, 1.54) is 0 Å². The summed E-state index contributed by atoms with van der Waals surface area (Å²) >= 11 is 0. The molecule has 0 amide bonds. The van der Waals surface area contributed by atoms with E-state index in [9.17, 15) is 0 Å². The van der Waals surface area contributed by atoms with Crippen molar-refractivity contribution in [2.24, 2.45) is 5.73 Å². The molecule has 0 aliphatic carbocycles. The normalized spacial score (nSPS) is 13.4. The Labute approximate surface area is 77.8 Å². The van der Waals surface area contributed by atoms with Crippen LogP contribution >= 0.6 is 0 Å². The first-order valence-corrected chi connectivity index (χ1v) is 4.17. The lowest BCUT2D eigenvalue weighted by molar-refractivity contribution is 0.387. The highest BCUT2D eigenvalue weighted by Crippen LogP contribution is 2.18. The SMILES string of the molecule is C/C(N)=C\c1nc(C(C)(C)C)no1. The standard InChI is InChI=1S/C9H15N3O/c1-6(10)5-7-11-8(12-13-7)9(2,3)4/h5H,10H2,1-4H3/b6-5+. The second-order valence-corrected chi connectivity index (χ2v) is 4.09. The molecule has 1 aromatic heterocycles. The second kappa shape index (κ2) is 3.20. The van der Waals surface area contributed by atoms with Crippen LogP contribution in [-0.4, -0.2) is 10.1 Å². The van der Waals surface area contributed by atoms with Crippen molar-refractivity contribution in [2.75, 3.05) is 0 Å². The Hall–Kier alpha value is -1.32. The van der Waals surface area contributed by atoms with Crippen LogP contribution in [0.15, 0.2) is 10.2 Å². The summed E-state index contributed by atoms with van der Waals surface area (Å²) in [6.45, 7) is 7.86. The lowest BCUT2D eigenvalue weighted by atomic mass is 9.96. The first-order chi connectivity index (χ1) is 5.89. The molecule has 0 bridgehead atoms. The molecule has 1 aromatic rings. The summed E-state index contributed by atoms with van der Waals surface area (Å²) in [7, 11) is 0. The van der Waals surface area contributed by atoms with Crippen LogP contribution in [0.2, 0.25) is 0 Å². The molecule has 72 valence electrons. The van der Waals surface area contributed by atoms with Gasteiger partial charge in [-0.2, -0.15) is 4.98 Å². The fraction of sp³-hybridized carbons (Fsp3) is 0.556. The molecule has 0 unspecified atom stereocenters. The van der Waals surface area contributed by atoms with Crippen molar-refractivity contribution in [3.63, 3.8) is 0 Å². The monoisotopic (exact) mass is 181 g/mol. The number of rotatable bonds is 1. The lowest BCUT2D eigenvalue weighted by Gasteiger charge is -2.10. The van der Waals surface area contributed by atoms with Gasteiger partial charge in [-0.1, -0.05) is 25.9 Å². The van der Waals surface area contributed by atoms with Crippen LogP contribution in [-0.2, 0) is 5.41 Å². The number of hydrogen-bond acceptors (Lipinski definition) is 4. The van der Waals surface area contributed by atoms with Gasteiger partial charge in [0.1, 0.15) is 0 Å². The van der Waals surface area contributed by atoms with Crippen molar-refractivity contribution in [3.8, 4) is 0 Å². The van der Waals surface area contributed by atoms with Crippen LogP contribution in [0.4, 0.5) is 0 Å². The molecule has 0 saturated carbocycles. The summed E-state index contributed by atoms with van der Waals surface area (Å²) in [5, 5.41) is 3.85. The second-order valence-electron chi connectivity index (χ2n) is 4.09. The highest BCUT2D eigenvalue weighted by atomic mass is 16.5. The fourth-order valence-electron chi connectivity index (χ4n) is 0.793. The van der Waals surface area contributed by atoms with E-state index in [-0.39, 0.29) is 5.41 Å². The molecular formula is C9H15N3O. The highest BCUT2D eigenvalue weighted by molar-refractivity contribution is 5.40. The zero-order valence-corrected chi connectivity index (χ0v) is 8.46. The van der Waals surface area contributed by atoms with Crippen molar-refractivity contribution in [2.45, 2.75) is 33.1 Å². The number of allylic oxidation sites excluding steroid dienone is 1. The van der Waals surface area contributed by atoms with E-state index in [4.69, 9.17) is 10.3 Å². The molecular weight excluding hydrogens is 166 g/mol. The smallest absolute Gasteiger partial charge is 0.252 e. The minimum absolute atomic E-state index is 0.0852. The summed E-state index contributed by atoms with van der Waals surface area (Å²) in [4.78, 5) is 4.19. The van der Waals surface area contributed by atoms with Crippen LogP contribution in [0.3, 0.4) is 0 Å². The van der Waals surface area contributed by atoms with E-state index in [1.807, 2.05) is 20.8 Å². The van der Waals surface area contributed by atoms with Gasteiger partial charge in [0, 0.05) is 17.2 Å². The van der Waals surface area contributed by atoms with Crippen LogP contribution in [0.1, 0.15) is 39.4 Å². The molecule has 13 heavy (non-hydrogen) atoms. The van der Waals surface area contributed by atoms with Gasteiger partial charge < -0.3 is 10.3 Å². The molecule has 0 aliphatic rings. The Kier molecular flexibility index (Phi) is 2.40. The first kappa shape index (κ1) is 9.77. The molecule has 4 heteroatoms. The summed E-state index contributed by atoms with van der Waals surface area (Å²) in [5.41, 5.74) is 6.05. The third-order valence-electron chi connectivity index (χ3n) is 1.46. The molecule has 4 nitrogen and oxygen atoms in total. The maximum absolute atomic E-state index is 5.48.